The molecule has 0 aliphatic rings. The molecule has 0 aliphatic heterocycles. The zero-order valence-corrected chi connectivity index (χ0v) is 11.3. The number of hydrogen-bond acceptors (Lipinski definition) is 5. The van der Waals surface area contributed by atoms with Gasteiger partial charge in [0.2, 0.25) is 10.0 Å². The van der Waals surface area contributed by atoms with E-state index in [9.17, 15) is 13.2 Å². The van der Waals surface area contributed by atoms with Crippen molar-refractivity contribution in [2.75, 3.05) is 19.9 Å². The summed E-state index contributed by atoms with van der Waals surface area (Å²) >= 11 is 0. The topological polar surface area (TPSA) is 76.8 Å². The van der Waals surface area contributed by atoms with Crippen molar-refractivity contribution in [1.29, 1.82) is 0 Å². The minimum atomic E-state index is -3.36. The maximum absolute atomic E-state index is 11.9. The van der Waals surface area contributed by atoms with E-state index in [0.717, 1.165) is 5.56 Å². The number of hydrogen-bond donors (Lipinski definition) is 0. The first-order valence-electron chi connectivity index (χ1n) is 5.47. The SMILES string of the molecule is COC(=O)CCCS(=O)(=O)N(C)Cc1ccoc1. The number of carbonyl (C=O) groups excluding carboxylic acids is 1. The molecule has 0 bridgehead atoms. The molecule has 0 radical (unpaired) electrons. The van der Waals surface area contributed by atoms with Gasteiger partial charge in [-0.2, -0.15) is 0 Å². The van der Waals surface area contributed by atoms with Gasteiger partial charge in [-0.3, -0.25) is 4.79 Å². The van der Waals surface area contributed by atoms with Gasteiger partial charge in [-0.15, -0.1) is 0 Å². The van der Waals surface area contributed by atoms with Crippen LogP contribution in [-0.4, -0.2) is 38.6 Å². The molecular formula is C11H17NO5S. The summed E-state index contributed by atoms with van der Waals surface area (Å²) < 4.78 is 34.3. The highest BCUT2D eigenvalue weighted by Gasteiger charge is 2.18. The van der Waals surface area contributed by atoms with E-state index in [1.165, 1.54) is 31.0 Å². The van der Waals surface area contributed by atoms with E-state index >= 15 is 0 Å². The Morgan fingerprint density at radius 3 is 2.78 bits per heavy atom. The van der Waals surface area contributed by atoms with Crippen molar-refractivity contribution in [3.63, 3.8) is 0 Å². The quantitative estimate of drug-likeness (QED) is 0.694. The van der Waals surface area contributed by atoms with Crippen LogP contribution in [0.3, 0.4) is 0 Å². The average molecular weight is 275 g/mol. The van der Waals surface area contributed by atoms with Crippen LogP contribution in [0.15, 0.2) is 23.0 Å². The lowest BCUT2D eigenvalue weighted by atomic mass is 10.3. The summed E-state index contributed by atoms with van der Waals surface area (Å²) in [6.45, 7) is 0.261. The number of furan rings is 1. The molecule has 1 aromatic heterocycles. The normalized spacial score (nSPS) is 11.7. The smallest absolute Gasteiger partial charge is 0.305 e. The molecule has 0 unspecified atom stereocenters. The van der Waals surface area contributed by atoms with E-state index in [1.807, 2.05) is 0 Å². The summed E-state index contributed by atoms with van der Waals surface area (Å²) in [5.41, 5.74) is 0.786. The molecule has 0 saturated heterocycles. The monoisotopic (exact) mass is 275 g/mol. The molecule has 0 aromatic carbocycles. The van der Waals surface area contributed by atoms with E-state index in [4.69, 9.17) is 4.42 Å². The maximum Gasteiger partial charge on any atom is 0.305 e. The van der Waals surface area contributed by atoms with Crippen molar-refractivity contribution in [2.45, 2.75) is 19.4 Å². The van der Waals surface area contributed by atoms with Gasteiger partial charge in [0.05, 0.1) is 25.4 Å². The summed E-state index contributed by atoms with van der Waals surface area (Å²) in [6.07, 6.45) is 3.35. The number of methoxy groups -OCH3 is 1. The molecule has 0 N–H and O–H groups in total. The Hall–Kier alpha value is -1.34. The molecule has 0 aliphatic carbocycles. The second-order valence-electron chi connectivity index (χ2n) is 3.88. The van der Waals surface area contributed by atoms with Crippen LogP contribution in [0.1, 0.15) is 18.4 Å². The van der Waals surface area contributed by atoms with Crippen LogP contribution in [0.5, 0.6) is 0 Å². The van der Waals surface area contributed by atoms with Gasteiger partial charge >= 0.3 is 5.97 Å². The average Bonchev–Trinajstić information content (AvgIpc) is 2.81. The van der Waals surface area contributed by atoms with Gasteiger partial charge in [0.1, 0.15) is 0 Å². The minimum Gasteiger partial charge on any atom is -0.472 e. The Bertz CT molecular complexity index is 466. The molecule has 1 heterocycles. The Morgan fingerprint density at radius 1 is 1.50 bits per heavy atom. The van der Waals surface area contributed by atoms with Crippen LogP contribution in [0.25, 0.3) is 0 Å². The molecule has 7 heteroatoms. The number of sulfonamides is 1. The molecule has 1 aromatic rings. The van der Waals surface area contributed by atoms with Crippen molar-refractivity contribution in [2.24, 2.45) is 0 Å². The van der Waals surface area contributed by atoms with Crippen molar-refractivity contribution in [1.82, 2.24) is 4.31 Å². The number of nitrogens with zero attached hydrogens (tertiary/aromatic N) is 1. The third-order valence-corrected chi connectivity index (χ3v) is 4.35. The van der Waals surface area contributed by atoms with Crippen molar-refractivity contribution < 1.29 is 22.4 Å². The van der Waals surface area contributed by atoms with Gasteiger partial charge < -0.3 is 9.15 Å². The van der Waals surface area contributed by atoms with Crippen molar-refractivity contribution >= 4 is 16.0 Å². The van der Waals surface area contributed by atoms with E-state index in [-0.39, 0.29) is 25.1 Å². The van der Waals surface area contributed by atoms with E-state index in [1.54, 1.807) is 6.07 Å². The first-order valence-corrected chi connectivity index (χ1v) is 7.08. The highest BCUT2D eigenvalue weighted by atomic mass is 32.2. The highest BCUT2D eigenvalue weighted by Crippen LogP contribution is 2.09. The van der Waals surface area contributed by atoms with E-state index in [0.29, 0.717) is 0 Å². The standard InChI is InChI=1S/C11H17NO5S/c1-12(8-10-5-6-17-9-10)18(14,15)7-3-4-11(13)16-2/h5-6,9H,3-4,7-8H2,1-2H3. The Morgan fingerprint density at radius 2 is 2.22 bits per heavy atom. The molecule has 6 nitrogen and oxygen atoms in total. The van der Waals surface area contributed by atoms with Gasteiger partial charge in [0, 0.05) is 25.6 Å². The molecule has 0 fully saturated rings. The molecule has 0 atom stereocenters. The summed E-state index contributed by atoms with van der Waals surface area (Å²) in [4.78, 5) is 10.9. The summed E-state index contributed by atoms with van der Waals surface area (Å²) in [6, 6.07) is 1.71. The third kappa shape index (κ3) is 4.50. The Labute approximate surface area is 107 Å². The first kappa shape index (κ1) is 14.7. The molecule has 1 rings (SSSR count). The zero-order valence-electron chi connectivity index (χ0n) is 10.5. The molecule has 18 heavy (non-hydrogen) atoms. The lowest BCUT2D eigenvalue weighted by Gasteiger charge is -2.15. The van der Waals surface area contributed by atoms with Gasteiger partial charge in [-0.1, -0.05) is 0 Å². The Balaban J connectivity index is 2.45. The van der Waals surface area contributed by atoms with Gasteiger partial charge in [0.25, 0.3) is 0 Å². The van der Waals surface area contributed by atoms with Crippen molar-refractivity contribution in [3.8, 4) is 0 Å². The number of ether oxygens (including phenoxy) is 1. The van der Waals surface area contributed by atoms with Gasteiger partial charge in [0.15, 0.2) is 0 Å². The summed E-state index contributed by atoms with van der Waals surface area (Å²) in [5.74, 6) is -0.473. The predicted octanol–water partition coefficient (Wildman–Crippen LogP) is 0.994. The van der Waals surface area contributed by atoms with E-state index in [2.05, 4.69) is 4.74 Å². The molecule has 0 amide bonds. The van der Waals surface area contributed by atoms with E-state index < -0.39 is 16.0 Å². The van der Waals surface area contributed by atoms with Crippen molar-refractivity contribution in [3.05, 3.63) is 24.2 Å². The minimum absolute atomic E-state index is 0.0730. The van der Waals surface area contributed by atoms with Gasteiger partial charge in [-0.05, 0) is 12.5 Å². The second kappa shape index (κ2) is 6.55. The maximum atomic E-state index is 11.9. The van der Waals surface area contributed by atoms with Crippen LogP contribution in [0, 0.1) is 0 Å². The van der Waals surface area contributed by atoms with Crippen LogP contribution >= 0.6 is 0 Å². The van der Waals surface area contributed by atoms with Crippen LogP contribution in [-0.2, 0) is 26.1 Å². The molecule has 102 valence electrons. The summed E-state index contributed by atoms with van der Waals surface area (Å²) in [5, 5.41) is 0. The third-order valence-electron chi connectivity index (χ3n) is 2.47. The van der Waals surface area contributed by atoms with Crippen LogP contribution in [0.4, 0.5) is 0 Å². The predicted molar refractivity (Wildman–Crippen MR) is 65.2 cm³/mol. The fourth-order valence-corrected chi connectivity index (χ4v) is 2.56. The van der Waals surface area contributed by atoms with Crippen LogP contribution < -0.4 is 0 Å². The molecule has 0 saturated carbocycles. The fraction of sp³-hybridized carbons (Fsp3) is 0.545. The lowest BCUT2D eigenvalue weighted by molar-refractivity contribution is -0.140. The largest absolute Gasteiger partial charge is 0.472 e. The number of esters is 1. The fourth-order valence-electron chi connectivity index (χ4n) is 1.39. The second-order valence-corrected chi connectivity index (χ2v) is 6.08. The summed E-state index contributed by atoms with van der Waals surface area (Å²) in [7, 11) is -0.576. The van der Waals surface area contributed by atoms with Gasteiger partial charge in [-0.25, -0.2) is 12.7 Å². The highest BCUT2D eigenvalue weighted by molar-refractivity contribution is 7.89. The lowest BCUT2D eigenvalue weighted by Crippen LogP contribution is -2.29. The first-order chi connectivity index (χ1) is 8.45. The molecule has 0 spiro atoms. The zero-order chi connectivity index (χ0) is 13.6. The molecular weight excluding hydrogens is 258 g/mol. The Kier molecular flexibility index (Phi) is 5.36. The number of carbonyl (C=O) groups is 1. The van der Waals surface area contributed by atoms with Crippen LogP contribution in [0.2, 0.25) is 0 Å². The number of rotatable bonds is 7.